The highest BCUT2D eigenvalue weighted by Crippen LogP contribution is 2.40. The van der Waals surface area contributed by atoms with Crippen molar-refractivity contribution in [3.05, 3.63) is 242 Å². The van der Waals surface area contributed by atoms with Crippen molar-refractivity contribution in [3.8, 4) is 33.6 Å². The van der Waals surface area contributed by atoms with Gasteiger partial charge < -0.3 is 13.7 Å². The van der Waals surface area contributed by atoms with Crippen LogP contribution < -0.4 is 0 Å². The molecule has 0 spiro atoms. The van der Waals surface area contributed by atoms with Crippen LogP contribution in [0.25, 0.3) is 121 Å². The van der Waals surface area contributed by atoms with Crippen molar-refractivity contribution in [2.75, 3.05) is 0 Å². The van der Waals surface area contributed by atoms with E-state index < -0.39 is 0 Å². The lowest BCUT2D eigenvalue weighted by atomic mass is 9.96. The smallest absolute Gasteiger partial charge is 0.0541 e. The summed E-state index contributed by atoms with van der Waals surface area (Å²) in [6.07, 6.45) is 0. The summed E-state index contributed by atoms with van der Waals surface area (Å²) in [6.45, 7) is 0.752. The van der Waals surface area contributed by atoms with E-state index in [-0.39, 0.29) is 0 Å². The maximum absolute atomic E-state index is 2.54. The molecule has 0 atom stereocenters. The molecule has 0 aliphatic rings. The van der Waals surface area contributed by atoms with Crippen LogP contribution in [-0.4, -0.2) is 13.7 Å². The molecule has 14 rings (SSSR count). The molecule has 3 heterocycles. The number of fused-ring (bicyclic) bond motifs is 11. The van der Waals surface area contributed by atoms with E-state index in [1.54, 1.807) is 0 Å². The maximum atomic E-state index is 2.54. The Morgan fingerprint density at radius 3 is 0.970 bits per heavy atom. The molecule has 0 aliphatic heterocycles. The highest BCUT2D eigenvalue weighted by molar-refractivity contribution is 6.13. The number of benzene rings is 11. The Morgan fingerprint density at radius 1 is 0.242 bits per heavy atom. The highest BCUT2D eigenvalue weighted by Gasteiger charge is 2.18. The van der Waals surface area contributed by atoms with E-state index in [0.29, 0.717) is 0 Å². The van der Waals surface area contributed by atoms with Gasteiger partial charge in [-0.3, -0.25) is 0 Å². The van der Waals surface area contributed by atoms with Gasteiger partial charge in [0.05, 0.1) is 22.1 Å². The molecule has 0 unspecified atom stereocenters. The second-order valence-corrected chi connectivity index (χ2v) is 17.7. The van der Waals surface area contributed by atoms with Crippen LogP contribution in [0.4, 0.5) is 0 Å². The molecule has 0 saturated carbocycles. The number of aromatic nitrogens is 3. The first-order chi connectivity index (χ1) is 32.7. The molecule has 0 saturated heterocycles. The summed E-state index contributed by atoms with van der Waals surface area (Å²) in [5.41, 5.74) is 15.8. The summed E-state index contributed by atoms with van der Waals surface area (Å²) in [4.78, 5) is 0. The molecule has 0 N–H and O–H groups in total. The van der Waals surface area contributed by atoms with Crippen LogP contribution in [0, 0.1) is 0 Å². The van der Waals surface area contributed by atoms with Crippen LogP contribution in [0.2, 0.25) is 0 Å². The van der Waals surface area contributed by atoms with Gasteiger partial charge in [0, 0.05) is 61.3 Å². The lowest BCUT2D eigenvalue weighted by Gasteiger charge is -2.15. The Kier molecular flexibility index (Phi) is 8.04. The molecule has 0 radical (unpaired) electrons. The van der Waals surface area contributed by atoms with E-state index >= 15 is 0 Å². The van der Waals surface area contributed by atoms with Gasteiger partial charge in [0.25, 0.3) is 0 Å². The predicted molar refractivity (Wildman–Crippen MR) is 280 cm³/mol. The van der Waals surface area contributed by atoms with Crippen molar-refractivity contribution in [1.29, 1.82) is 0 Å². The van der Waals surface area contributed by atoms with Crippen molar-refractivity contribution < 1.29 is 0 Å². The summed E-state index contributed by atoms with van der Waals surface area (Å²) in [5, 5.41) is 12.7. The SMILES string of the molecule is c1ccc2c(Cn3c4ccc(-c5ccc(-n6c7ccccc7c7ccccc76)cc5)cc4c4cc(-c5ccc(-n6c7ccccc7c7ccccc76)cc5)ccc43)c3ccccc3cc2c1. The van der Waals surface area contributed by atoms with Crippen LogP contribution in [0.3, 0.4) is 0 Å². The van der Waals surface area contributed by atoms with E-state index in [2.05, 4.69) is 250 Å². The molecule has 0 aliphatic carbocycles. The minimum Gasteiger partial charge on any atom is -0.336 e. The monoisotopic (exact) mass is 839 g/mol. The van der Waals surface area contributed by atoms with Crippen molar-refractivity contribution in [2.24, 2.45) is 0 Å². The van der Waals surface area contributed by atoms with Crippen LogP contribution in [-0.2, 0) is 6.54 Å². The van der Waals surface area contributed by atoms with Crippen LogP contribution in [0.15, 0.2) is 237 Å². The Hall–Kier alpha value is -8.66. The lowest BCUT2D eigenvalue weighted by Crippen LogP contribution is -2.01. The van der Waals surface area contributed by atoms with Gasteiger partial charge in [0.2, 0.25) is 0 Å². The summed E-state index contributed by atoms with van der Waals surface area (Å²) in [7, 11) is 0. The molecule has 308 valence electrons. The summed E-state index contributed by atoms with van der Waals surface area (Å²) < 4.78 is 7.32. The molecule has 0 fully saturated rings. The third-order valence-corrected chi connectivity index (χ3v) is 14.1. The van der Waals surface area contributed by atoms with E-state index in [0.717, 1.165) is 17.9 Å². The zero-order valence-electron chi connectivity index (χ0n) is 36.1. The number of nitrogens with zero attached hydrogens (tertiary/aromatic N) is 3. The fourth-order valence-corrected chi connectivity index (χ4v) is 11.1. The molecule has 0 bridgehead atoms. The molecule has 3 nitrogen and oxygen atoms in total. The molecule has 3 aromatic heterocycles. The topological polar surface area (TPSA) is 14.8 Å². The predicted octanol–water partition coefficient (Wildman–Crippen LogP) is 16.7. The largest absolute Gasteiger partial charge is 0.336 e. The van der Waals surface area contributed by atoms with E-state index in [1.165, 1.54) is 115 Å². The minimum atomic E-state index is 0.752. The molecule has 11 aromatic carbocycles. The van der Waals surface area contributed by atoms with E-state index in [9.17, 15) is 0 Å². The van der Waals surface area contributed by atoms with Gasteiger partial charge >= 0.3 is 0 Å². The van der Waals surface area contributed by atoms with Gasteiger partial charge in [-0.2, -0.15) is 0 Å². The molecular weight excluding hydrogens is 799 g/mol. The first-order valence-electron chi connectivity index (χ1n) is 22.9. The molecule has 66 heavy (non-hydrogen) atoms. The van der Waals surface area contributed by atoms with Gasteiger partial charge in [-0.1, -0.05) is 158 Å². The Balaban J connectivity index is 0.918. The molecule has 0 amide bonds. The van der Waals surface area contributed by atoms with Crippen LogP contribution >= 0.6 is 0 Å². The third kappa shape index (κ3) is 5.57. The van der Waals surface area contributed by atoms with E-state index in [4.69, 9.17) is 0 Å². The van der Waals surface area contributed by atoms with Crippen molar-refractivity contribution in [3.63, 3.8) is 0 Å². The van der Waals surface area contributed by atoms with Gasteiger partial charge in [-0.15, -0.1) is 0 Å². The summed E-state index contributed by atoms with van der Waals surface area (Å²) in [6, 6.07) is 87.3. The fourth-order valence-electron chi connectivity index (χ4n) is 11.1. The number of hydrogen-bond donors (Lipinski definition) is 0. The zero-order chi connectivity index (χ0) is 43.3. The summed E-state index contributed by atoms with van der Waals surface area (Å²) in [5.74, 6) is 0. The number of rotatable bonds is 6. The van der Waals surface area contributed by atoms with Gasteiger partial charge in [0.1, 0.15) is 0 Å². The van der Waals surface area contributed by atoms with Crippen molar-refractivity contribution >= 4 is 87.0 Å². The third-order valence-electron chi connectivity index (χ3n) is 14.1. The fraction of sp³-hybridized carbons (Fsp3) is 0.0159. The number of hydrogen-bond acceptors (Lipinski definition) is 0. The Labute approximate surface area is 381 Å². The second kappa shape index (κ2) is 14.4. The van der Waals surface area contributed by atoms with Crippen LogP contribution in [0.1, 0.15) is 5.56 Å². The van der Waals surface area contributed by atoms with Gasteiger partial charge in [-0.25, -0.2) is 0 Å². The Morgan fingerprint density at radius 2 is 0.576 bits per heavy atom. The minimum absolute atomic E-state index is 0.752. The first-order valence-corrected chi connectivity index (χ1v) is 22.9. The lowest BCUT2D eigenvalue weighted by molar-refractivity contribution is 0.882. The van der Waals surface area contributed by atoms with Crippen molar-refractivity contribution in [2.45, 2.75) is 6.54 Å². The number of para-hydroxylation sites is 4. The average molecular weight is 840 g/mol. The first kappa shape index (κ1) is 36.8. The molecular formula is C63H41N3. The second-order valence-electron chi connectivity index (χ2n) is 17.7. The van der Waals surface area contributed by atoms with Gasteiger partial charge in [-0.05, 0) is 128 Å². The average Bonchev–Trinajstić information content (AvgIpc) is 4.01. The summed E-state index contributed by atoms with van der Waals surface area (Å²) >= 11 is 0. The molecule has 3 heteroatoms. The quantitative estimate of drug-likeness (QED) is 0.148. The normalized spacial score (nSPS) is 12.0. The molecule has 14 aromatic rings. The Bertz CT molecular complexity index is 3860. The van der Waals surface area contributed by atoms with Crippen LogP contribution in [0.5, 0.6) is 0 Å². The van der Waals surface area contributed by atoms with Crippen molar-refractivity contribution in [1.82, 2.24) is 13.7 Å². The zero-order valence-corrected chi connectivity index (χ0v) is 36.1. The van der Waals surface area contributed by atoms with Gasteiger partial charge in [0.15, 0.2) is 0 Å². The highest BCUT2D eigenvalue weighted by atomic mass is 15.0. The standard InChI is InChI=1S/C63H41N3/c1-3-15-49-45(13-1)37-46-14-2-4-16-50(46)57(49)40-64-58-35-29-43(41-25-31-47(32-26-41)65-60-21-9-5-17-51(60)52-18-6-10-22-61(52)65)38-55(58)56-39-44(30-36-59(56)64)42-27-33-48(34-28-42)66-62-23-11-7-19-53(62)54-20-8-12-24-63(54)66/h1-39H,40H2. The van der Waals surface area contributed by atoms with E-state index in [1.807, 2.05) is 0 Å². The maximum Gasteiger partial charge on any atom is 0.0541 e.